The van der Waals surface area contributed by atoms with E-state index < -0.39 is 35.7 Å². The largest absolute Gasteiger partial charge is 0.495 e. The summed E-state index contributed by atoms with van der Waals surface area (Å²) >= 11 is 0. The van der Waals surface area contributed by atoms with E-state index in [1.807, 2.05) is 6.92 Å². The fraction of sp³-hybridized carbons (Fsp3) is 0.318. The molecule has 1 atom stereocenters. The molecule has 2 aromatic carbocycles. The van der Waals surface area contributed by atoms with Crippen LogP contribution in [-0.2, 0) is 15.1 Å². The zero-order chi connectivity index (χ0) is 21.7. The number of imide groups is 1. The van der Waals surface area contributed by atoms with Gasteiger partial charge >= 0.3 is 6.03 Å². The Kier molecular flexibility index (Phi) is 6.34. The van der Waals surface area contributed by atoms with E-state index in [4.69, 9.17) is 4.74 Å². The molecule has 1 aliphatic rings. The smallest absolute Gasteiger partial charge is 0.325 e. The number of methoxy groups -OCH3 is 1. The molecule has 1 saturated heterocycles. The molecule has 0 bridgehead atoms. The Morgan fingerprint density at radius 2 is 1.87 bits per heavy atom. The highest BCUT2D eigenvalue weighted by atomic mass is 19.1. The molecule has 2 N–H and O–H groups in total. The van der Waals surface area contributed by atoms with Crippen molar-refractivity contribution >= 4 is 23.5 Å². The number of anilines is 1. The van der Waals surface area contributed by atoms with Gasteiger partial charge in [0, 0.05) is 0 Å². The number of hydrogen-bond acceptors (Lipinski definition) is 4. The van der Waals surface area contributed by atoms with E-state index in [0.29, 0.717) is 29.8 Å². The Labute approximate surface area is 174 Å². The molecule has 4 amide bonds. The second-order valence-corrected chi connectivity index (χ2v) is 7.09. The highest BCUT2D eigenvalue weighted by Gasteiger charge is 2.52. The maximum Gasteiger partial charge on any atom is 0.325 e. The van der Waals surface area contributed by atoms with Gasteiger partial charge in [0.1, 0.15) is 23.7 Å². The van der Waals surface area contributed by atoms with Crippen molar-refractivity contribution in [2.75, 3.05) is 19.0 Å². The lowest BCUT2D eigenvalue weighted by Gasteiger charge is -2.27. The van der Waals surface area contributed by atoms with E-state index in [9.17, 15) is 18.8 Å². The zero-order valence-electron chi connectivity index (χ0n) is 16.9. The third kappa shape index (κ3) is 4.12. The summed E-state index contributed by atoms with van der Waals surface area (Å²) < 4.78 is 18.6. The molecule has 7 nitrogen and oxygen atoms in total. The van der Waals surface area contributed by atoms with Gasteiger partial charge in [0.05, 0.1) is 12.8 Å². The second kappa shape index (κ2) is 8.94. The molecule has 1 fully saturated rings. The summed E-state index contributed by atoms with van der Waals surface area (Å²) in [5.41, 5.74) is -0.387. The third-order valence-corrected chi connectivity index (χ3v) is 5.10. The highest BCUT2D eigenvalue weighted by molar-refractivity contribution is 6.10. The van der Waals surface area contributed by atoms with E-state index in [-0.39, 0.29) is 0 Å². The first kappa shape index (κ1) is 21.3. The summed E-state index contributed by atoms with van der Waals surface area (Å²) in [6.45, 7) is 1.52. The number of unbranched alkanes of at least 4 members (excludes halogenated alkanes) is 1. The highest BCUT2D eigenvalue weighted by Crippen LogP contribution is 2.34. The van der Waals surface area contributed by atoms with Crippen LogP contribution in [0.5, 0.6) is 5.75 Å². The Bertz CT molecular complexity index is 948. The van der Waals surface area contributed by atoms with Crippen molar-refractivity contribution in [3.63, 3.8) is 0 Å². The molecule has 0 saturated carbocycles. The van der Waals surface area contributed by atoms with Gasteiger partial charge in [0.15, 0.2) is 0 Å². The maximum atomic E-state index is 13.4. The van der Waals surface area contributed by atoms with Gasteiger partial charge < -0.3 is 15.4 Å². The molecule has 1 heterocycles. The van der Waals surface area contributed by atoms with Crippen molar-refractivity contribution in [3.05, 3.63) is 59.9 Å². The average molecular weight is 413 g/mol. The van der Waals surface area contributed by atoms with Crippen LogP contribution in [0.15, 0.2) is 48.5 Å². The van der Waals surface area contributed by atoms with Gasteiger partial charge in [-0.05, 0) is 36.2 Å². The molecule has 1 aliphatic heterocycles. The number of halogens is 1. The number of nitrogens with one attached hydrogen (secondary N) is 2. The van der Waals surface area contributed by atoms with E-state index in [1.165, 1.54) is 31.4 Å². The summed E-state index contributed by atoms with van der Waals surface area (Å²) in [6.07, 6.45) is 1.83. The monoisotopic (exact) mass is 413 g/mol. The van der Waals surface area contributed by atoms with Crippen LogP contribution in [0.3, 0.4) is 0 Å². The third-order valence-electron chi connectivity index (χ3n) is 5.10. The normalized spacial score (nSPS) is 18.3. The molecule has 30 heavy (non-hydrogen) atoms. The number of amides is 4. The van der Waals surface area contributed by atoms with Gasteiger partial charge in [0.25, 0.3) is 5.91 Å². The van der Waals surface area contributed by atoms with Gasteiger partial charge in [0.2, 0.25) is 5.91 Å². The first-order chi connectivity index (χ1) is 14.4. The predicted molar refractivity (Wildman–Crippen MR) is 109 cm³/mol. The molecule has 3 rings (SSSR count). The SMILES string of the molecule is CCCC[C@]1(c2ccc(F)cc2)NC(=O)N(CC(=O)Nc2ccccc2OC)C1=O. The van der Waals surface area contributed by atoms with Crippen LogP contribution in [0.1, 0.15) is 31.7 Å². The quantitative estimate of drug-likeness (QED) is 0.650. The van der Waals surface area contributed by atoms with Crippen molar-refractivity contribution in [2.24, 2.45) is 0 Å². The number of urea groups is 1. The van der Waals surface area contributed by atoms with Crippen molar-refractivity contribution in [2.45, 2.75) is 31.7 Å². The lowest BCUT2D eigenvalue weighted by Crippen LogP contribution is -2.44. The molecule has 2 aromatic rings. The summed E-state index contributed by atoms with van der Waals surface area (Å²) in [5, 5.41) is 5.40. The van der Waals surface area contributed by atoms with Crippen LogP contribution >= 0.6 is 0 Å². The van der Waals surface area contributed by atoms with Crippen molar-refractivity contribution in [3.8, 4) is 5.75 Å². The Balaban J connectivity index is 1.82. The Morgan fingerprint density at radius 1 is 1.17 bits per heavy atom. The van der Waals surface area contributed by atoms with E-state index in [0.717, 1.165) is 11.3 Å². The molecule has 0 spiro atoms. The van der Waals surface area contributed by atoms with Crippen LogP contribution in [0, 0.1) is 5.82 Å². The minimum atomic E-state index is -1.31. The van der Waals surface area contributed by atoms with Crippen LogP contribution in [0.2, 0.25) is 0 Å². The van der Waals surface area contributed by atoms with E-state index in [2.05, 4.69) is 10.6 Å². The first-order valence-corrected chi connectivity index (χ1v) is 9.74. The fourth-order valence-electron chi connectivity index (χ4n) is 3.54. The molecule has 8 heteroatoms. The van der Waals surface area contributed by atoms with Crippen molar-refractivity contribution in [1.82, 2.24) is 10.2 Å². The van der Waals surface area contributed by atoms with Crippen LogP contribution < -0.4 is 15.4 Å². The summed E-state index contributed by atoms with van der Waals surface area (Å²) in [4.78, 5) is 39.4. The molecule has 0 radical (unpaired) electrons. The summed E-state index contributed by atoms with van der Waals surface area (Å²) in [7, 11) is 1.48. The Hall–Kier alpha value is -3.42. The molecule has 0 aliphatic carbocycles. The number of para-hydroxylation sites is 2. The van der Waals surface area contributed by atoms with Gasteiger partial charge in [-0.2, -0.15) is 0 Å². The van der Waals surface area contributed by atoms with Gasteiger partial charge in [-0.1, -0.05) is 44.0 Å². The van der Waals surface area contributed by atoms with Crippen LogP contribution in [0.25, 0.3) is 0 Å². The average Bonchev–Trinajstić information content (AvgIpc) is 2.98. The topological polar surface area (TPSA) is 87.7 Å². The van der Waals surface area contributed by atoms with Gasteiger partial charge in [-0.3, -0.25) is 14.5 Å². The summed E-state index contributed by atoms with van der Waals surface area (Å²) in [5.74, 6) is -1.03. The molecule has 0 unspecified atom stereocenters. The van der Waals surface area contributed by atoms with Crippen LogP contribution in [0.4, 0.5) is 14.9 Å². The van der Waals surface area contributed by atoms with E-state index >= 15 is 0 Å². The van der Waals surface area contributed by atoms with Gasteiger partial charge in [-0.15, -0.1) is 0 Å². The number of benzene rings is 2. The number of carbonyl (C=O) groups excluding carboxylic acids is 3. The maximum absolute atomic E-state index is 13.4. The number of carbonyl (C=O) groups is 3. The molecular formula is C22H24FN3O4. The molecule has 158 valence electrons. The lowest BCUT2D eigenvalue weighted by atomic mass is 9.85. The number of nitrogens with zero attached hydrogens (tertiary/aromatic N) is 1. The number of ether oxygens (including phenoxy) is 1. The lowest BCUT2D eigenvalue weighted by molar-refractivity contribution is -0.134. The predicted octanol–water partition coefficient (Wildman–Crippen LogP) is 3.41. The van der Waals surface area contributed by atoms with Gasteiger partial charge in [-0.25, -0.2) is 9.18 Å². The molecule has 0 aromatic heterocycles. The number of rotatable bonds is 8. The standard InChI is InChI=1S/C22H24FN3O4/c1-3-4-13-22(15-9-11-16(23)12-10-15)20(28)26(21(29)25-22)14-19(27)24-17-7-5-6-8-18(17)30-2/h5-12H,3-4,13-14H2,1-2H3,(H,24,27)(H,25,29)/t22-/m1/s1. The number of hydrogen-bond donors (Lipinski definition) is 2. The summed E-state index contributed by atoms with van der Waals surface area (Å²) in [6, 6.07) is 11.7. The second-order valence-electron chi connectivity index (χ2n) is 7.09. The first-order valence-electron chi connectivity index (χ1n) is 9.74. The van der Waals surface area contributed by atoms with Crippen LogP contribution in [-0.4, -0.2) is 36.4 Å². The minimum Gasteiger partial charge on any atom is -0.495 e. The van der Waals surface area contributed by atoms with Crippen molar-refractivity contribution < 1.29 is 23.5 Å². The molecular weight excluding hydrogens is 389 g/mol. The fourth-order valence-corrected chi connectivity index (χ4v) is 3.54. The Morgan fingerprint density at radius 3 is 2.53 bits per heavy atom. The van der Waals surface area contributed by atoms with E-state index in [1.54, 1.807) is 24.3 Å². The minimum absolute atomic E-state index is 0.352. The van der Waals surface area contributed by atoms with Crippen molar-refractivity contribution in [1.29, 1.82) is 0 Å². The zero-order valence-corrected chi connectivity index (χ0v) is 16.9.